The Labute approximate surface area is 204 Å². The van der Waals surface area contributed by atoms with Crippen LogP contribution < -0.4 is 5.73 Å². The number of benzene rings is 1. The lowest BCUT2D eigenvalue weighted by molar-refractivity contribution is -0.169. The molecule has 12 heteroatoms. The van der Waals surface area contributed by atoms with Crippen molar-refractivity contribution in [1.29, 1.82) is 0 Å². The number of likely N-dealkylation sites (N-methyl/N-ethyl adjacent to an activating group) is 1. The van der Waals surface area contributed by atoms with Gasteiger partial charge in [0.05, 0.1) is 28.6 Å². The molecule has 0 aliphatic heterocycles. The van der Waals surface area contributed by atoms with Crippen LogP contribution in [0, 0.1) is 11.8 Å². The number of hydrogen-bond acceptors (Lipinski definition) is 10. The molecule has 0 heterocycles. The second-order valence-electron chi connectivity index (χ2n) is 9.23. The third-order valence-electron chi connectivity index (χ3n) is 7.34. The maximum Gasteiger partial charge on any atom is 0.255 e. The molecule has 6 atom stereocenters. The molecule has 0 bridgehead atoms. The molecule has 0 unspecified atom stereocenters. The maximum atomic E-state index is 13.8. The molecule has 7 N–H and O–H groups in total. The van der Waals surface area contributed by atoms with Crippen molar-refractivity contribution < 1.29 is 39.9 Å². The van der Waals surface area contributed by atoms with E-state index in [2.05, 4.69) is 11.7 Å². The van der Waals surface area contributed by atoms with E-state index < -0.39 is 81.4 Å². The fourth-order valence-corrected chi connectivity index (χ4v) is 6.05. The molecule has 0 spiro atoms. The van der Waals surface area contributed by atoms with Gasteiger partial charge in [-0.1, -0.05) is 18.5 Å². The predicted octanol–water partition coefficient (Wildman–Crippen LogP) is 0.481. The first-order chi connectivity index (χ1) is 16.2. The largest absolute Gasteiger partial charge is 0.508 e. The molecule has 1 amide bonds. The molecule has 35 heavy (non-hydrogen) atoms. The zero-order valence-corrected chi connectivity index (χ0v) is 19.7. The van der Waals surface area contributed by atoms with Crippen molar-refractivity contribution in [2.45, 2.75) is 30.6 Å². The Morgan fingerprint density at radius 3 is 2.37 bits per heavy atom. The predicted molar refractivity (Wildman–Crippen MR) is 125 cm³/mol. The van der Waals surface area contributed by atoms with Gasteiger partial charge in [-0.25, -0.2) is 0 Å². The minimum absolute atomic E-state index is 0.0122. The van der Waals surface area contributed by atoms with Crippen molar-refractivity contribution in [3.05, 3.63) is 39.1 Å². The fraction of sp³-hybridized carbons (Fsp3) is 0.391. The summed E-state index contributed by atoms with van der Waals surface area (Å²) < 4.78 is 0. The number of ketones is 2. The van der Waals surface area contributed by atoms with Gasteiger partial charge in [-0.3, -0.25) is 24.3 Å². The van der Waals surface area contributed by atoms with Gasteiger partial charge in [-0.05, 0) is 38.4 Å². The summed E-state index contributed by atoms with van der Waals surface area (Å²) in [6.45, 7) is 4.93. The second kappa shape index (κ2) is 7.89. The Morgan fingerprint density at radius 2 is 1.86 bits per heavy atom. The topological polar surface area (TPSA) is 194 Å². The number of primary amides is 1. The van der Waals surface area contributed by atoms with Crippen molar-refractivity contribution in [3.63, 3.8) is 0 Å². The van der Waals surface area contributed by atoms with E-state index >= 15 is 0 Å². The van der Waals surface area contributed by atoms with E-state index in [1.54, 1.807) is 6.92 Å². The fourth-order valence-electron chi connectivity index (χ4n) is 5.79. The lowest BCUT2D eigenvalue weighted by atomic mass is 9.54. The van der Waals surface area contributed by atoms with Crippen LogP contribution >= 0.6 is 11.6 Å². The standard InChI is InChI=1S/C23H24ClN3O8/c1-6-7-5-8(24)14(26-2)18(30)10(7)16(28)11-9(6)17(29)13-15(27(3)4)19(31)12(22(25)34)21(33)23(13,35)20(11)32/h5-6,9,13,15,17,28-30,33,35H,2H2,1,3-4H3,(H2,25,34)/t6-,9+,13+,15-,17-,23-/m0/s1. The zero-order valence-electron chi connectivity index (χ0n) is 19.0. The average Bonchev–Trinajstić information content (AvgIpc) is 2.76. The number of phenols is 1. The highest BCUT2D eigenvalue weighted by Gasteiger charge is 2.68. The number of aliphatic hydroxyl groups is 4. The molecule has 1 aromatic rings. The number of nitrogens with two attached hydrogens (primary N) is 1. The summed E-state index contributed by atoms with van der Waals surface area (Å²) in [6, 6.07) is -0.00660. The molecule has 3 aliphatic rings. The van der Waals surface area contributed by atoms with Crippen molar-refractivity contribution in [1.82, 2.24) is 4.90 Å². The summed E-state index contributed by atoms with van der Waals surface area (Å²) in [5, 5.41) is 55.8. The summed E-state index contributed by atoms with van der Waals surface area (Å²) in [4.78, 5) is 43.9. The van der Waals surface area contributed by atoms with Crippen molar-refractivity contribution in [2.75, 3.05) is 14.1 Å². The molecule has 1 fully saturated rings. The molecule has 0 aromatic heterocycles. The van der Waals surface area contributed by atoms with Crippen LogP contribution in [0.25, 0.3) is 5.76 Å². The number of carbonyl (C=O) groups excluding carboxylic acids is 3. The van der Waals surface area contributed by atoms with Crippen molar-refractivity contribution in [2.24, 2.45) is 22.6 Å². The summed E-state index contributed by atoms with van der Waals surface area (Å²) in [6.07, 6.45) is -1.68. The lowest BCUT2D eigenvalue weighted by Gasteiger charge is -2.53. The Kier molecular flexibility index (Phi) is 5.60. The number of Topliss-reactive ketones (excluding diaryl/α,β-unsaturated/α-hetero) is 2. The van der Waals surface area contributed by atoms with Crippen LogP contribution in [0.4, 0.5) is 5.69 Å². The van der Waals surface area contributed by atoms with Gasteiger partial charge < -0.3 is 31.3 Å². The lowest BCUT2D eigenvalue weighted by Crippen LogP contribution is -2.70. The number of aromatic hydroxyl groups is 1. The van der Waals surface area contributed by atoms with Gasteiger partial charge in [0.1, 0.15) is 22.8 Å². The van der Waals surface area contributed by atoms with Crippen LogP contribution in [-0.2, 0) is 14.4 Å². The van der Waals surface area contributed by atoms with E-state index in [0.29, 0.717) is 0 Å². The Bertz CT molecular complexity index is 1290. The van der Waals surface area contributed by atoms with E-state index in [1.165, 1.54) is 25.1 Å². The highest BCUT2D eigenvalue weighted by Crippen LogP contribution is 2.57. The van der Waals surface area contributed by atoms with Crippen LogP contribution in [-0.4, -0.2) is 86.5 Å². The number of amides is 1. The second-order valence-corrected chi connectivity index (χ2v) is 9.63. The summed E-state index contributed by atoms with van der Waals surface area (Å²) >= 11 is 6.21. The van der Waals surface area contributed by atoms with Crippen LogP contribution in [0.5, 0.6) is 5.75 Å². The van der Waals surface area contributed by atoms with Gasteiger partial charge in [-0.15, -0.1) is 0 Å². The van der Waals surface area contributed by atoms with E-state index in [-0.39, 0.29) is 21.8 Å². The number of carbonyl (C=O) groups is 3. The number of rotatable bonds is 3. The number of phenolic OH excluding ortho intramolecular Hbond substituents is 1. The number of hydrogen-bond donors (Lipinski definition) is 6. The van der Waals surface area contributed by atoms with E-state index in [1.807, 2.05) is 0 Å². The molecule has 1 aromatic carbocycles. The molecule has 186 valence electrons. The number of aliphatic hydroxyl groups excluding tert-OH is 3. The molecular formula is C23H24ClN3O8. The SMILES string of the molecule is C=Nc1c(Cl)cc2c(c1O)C(O)=C1C(=O)[C@]3(O)C(O)=C(C(N)=O)C(=O)[C@@H](N(C)C)[C@@H]3[C@@H](O)[C@@H]1[C@H]2C. The number of aliphatic imine (C=N–C) groups is 1. The highest BCUT2D eigenvalue weighted by atomic mass is 35.5. The third-order valence-corrected chi connectivity index (χ3v) is 7.62. The van der Waals surface area contributed by atoms with Gasteiger partial charge >= 0.3 is 0 Å². The van der Waals surface area contributed by atoms with Gasteiger partial charge in [0, 0.05) is 11.5 Å². The number of fused-ring (bicyclic) bond motifs is 3. The average molecular weight is 506 g/mol. The first-order valence-electron chi connectivity index (χ1n) is 10.6. The Morgan fingerprint density at radius 1 is 1.26 bits per heavy atom. The monoisotopic (exact) mass is 505 g/mol. The maximum absolute atomic E-state index is 13.8. The van der Waals surface area contributed by atoms with Crippen LogP contribution in [0.1, 0.15) is 24.0 Å². The minimum Gasteiger partial charge on any atom is -0.508 e. The molecule has 0 radical (unpaired) electrons. The number of halogens is 1. The first kappa shape index (κ1) is 24.9. The van der Waals surface area contributed by atoms with Crippen LogP contribution in [0.15, 0.2) is 28.0 Å². The quantitative estimate of drug-likeness (QED) is 0.250. The van der Waals surface area contributed by atoms with Crippen LogP contribution in [0.2, 0.25) is 5.02 Å². The van der Waals surface area contributed by atoms with Gasteiger partial charge in [-0.2, -0.15) is 0 Å². The molecule has 3 aliphatic carbocycles. The van der Waals surface area contributed by atoms with Gasteiger partial charge in [0.15, 0.2) is 17.1 Å². The Balaban J connectivity index is 2.09. The molecular weight excluding hydrogens is 482 g/mol. The molecule has 0 saturated heterocycles. The number of nitrogens with zero attached hydrogens (tertiary/aromatic N) is 2. The van der Waals surface area contributed by atoms with E-state index in [9.17, 15) is 39.9 Å². The Hall–Kier alpha value is -3.25. The summed E-state index contributed by atoms with van der Waals surface area (Å²) in [5.41, 5.74) is 0.769. The van der Waals surface area contributed by atoms with Gasteiger partial charge in [0.2, 0.25) is 5.78 Å². The zero-order chi connectivity index (χ0) is 26.3. The third kappa shape index (κ3) is 2.95. The van der Waals surface area contributed by atoms with E-state index in [4.69, 9.17) is 17.3 Å². The van der Waals surface area contributed by atoms with Crippen LogP contribution in [0.3, 0.4) is 0 Å². The smallest absolute Gasteiger partial charge is 0.255 e. The summed E-state index contributed by atoms with van der Waals surface area (Å²) in [7, 11) is 2.87. The normalized spacial score (nSPS) is 32.4. The molecule has 4 rings (SSSR count). The molecule has 1 saturated carbocycles. The minimum atomic E-state index is -2.97. The van der Waals surface area contributed by atoms with Crippen molar-refractivity contribution >= 4 is 47.2 Å². The van der Waals surface area contributed by atoms with Gasteiger partial charge in [0.25, 0.3) is 5.91 Å². The first-order valence-corrected chi connectivity index (χ1v) is 11.0. The molecule has 11 nitrogen and oxygen atoms in total. The van der Waals surface area contributed by atoms with Crippen molar-refractivity contribution in [3.8, 4) is 5.75 Å². The highest BCUT2D eigenvalue weighted by molar-refractivity contribution is 6.33. The summed E-state index contributed by atoms with van der Waals surface area (Å²) in [5.74, 6) is -9.78. The van der Waals surface area contributed by atoms with E-state index in [0.717, 1.165) is 0 Å².